The van der Waals surface area contributed by atoms with Crippen molar-refractivity contribution in [3.63, 3.8) is 0 Å². The van der Waals surface area contributed by atoms with Gasteiger partial charge in [-0.2, -0.15) is 10.0 Å². The summed E-state index contributed by atoms with van der Waals surface area (Å²) in [6.07, 6.45) is 1.60. The van der Waals surface area contributed by atoms with E-state index >= 15 is 0 Å². The highest BCUT2D eigenvalue weighted by atomic mass is 32.1. The minimum atomic E-state index is -0.628. The molecular weight excluding hydrogens is 226 g/mol. The van der Waals surface area contributed by atoms with Gasteiger partial charge in [0.25, 0.3) is 0 Å². The van der Waals surface area contributed by atoms with E-state index < -0.39 is 6.04 Å². The molecule has 6 nitrogen and oxygen atoms in total. The lowest BCUT2D eigenvalue weighted by Crippen LogP contribution is -2.28. The average Bonchev–Trinajstić information content (AvgIpc) is 2.30. The van der Waals surface area contributed by atoms with Crippen molar-refractivity contribution in [2.75, 3.05) is 0 Å². The number of nitrogens with zero attached hydrogens (tertiary/aromatic N) is 3. The molecule has 1 heterocycles. The SMILES string of the molecule is CC(N=O)C(=NNC(N)=S)c1ccccn1. The molecule has 1 aromatic rings. The third-order valence-electron chi connectivity index (χ3n) is 1.77. The lowest BCUT2D eigenvalue weighted by molar-refractivity contribution is 0.916. The van der Waals surface area contributed by atoms with Crippen molar-refractivity contribution >= 4 is 23.0 Å². The largest absolute Gasteiger partial charge is 0.375 e. The Hall–Kier alpha value is -1.89. The van der Waals surface area contributed by atoms with Gasteiger partial charge in [0.15, 0.2) is 5.11 Å². The molecule has 0 aliphatic rings. The zero-order chi connectivity index (χ0) is 12.0. The first-order valence-electron chi connectivity index (χ1n) is 4.52. The van der Waals surface area contributed by atoms with Crippen molar-refractivity contribution in [2.24, 2.45) is 16.0 Å². The summed E-state index contributed by atoms with van der Waals surface area (Å²) in [6.45, 7) is 1.61. The van der Waals surface area contributed by atoms with Crippen LogP contribution in [0.3, 0.4) is 0 Å². The fourth-order valence-corrected chi connectivity index (χ4v) is 1.09. The van der Waals surface area contributed by atoms with Gasteiger partial charge in [-0.05, 0) is 31.3 Å². The van der Waals surface area contributed by atoms with Crippen LogP contribution in [0.25, 0.3) is 0 Å². The van der Waals surface area contributed by atoms with Gasteiger partial charge in [0.1, 0.15) is 11.8 Å². The summed E-state index contributed by atoms with van der Waals surface area (Å²) in [4.78, 5) is 14.6. The Morgan fingerprint density at radius 3 is 2.88 bits per heavy atom. The van der Waals surface area contributed by atoms with Crippen molar-refractivity contribution in [2.45, 2.75) is 13.0 Å². The number of hydrogen-bond donors (Lipinski definition) is 2. The summed E-state index contributed by atoms with van der Waals surface area (Å²) in [6, 6.07) is 4.65. The minimum absolute atomic E-state index is 0.0199. The van der Waals surface area contributed by atoms with Gasteiger partial charge in [0, 0.05) is 6.20 Å². The monoisotopic (exact) mass is 237 g/mol. The third kappa shape index (κ3) is 3.35. The molecule has 0 saturated carbocycles. The molecule has 0 amide bonds. The predicted molar refractivity (Wildman–Crippen MR) is 66.0 cm³/mol. The highest BCUT2D eigenvalue weighted by Gasteiger charge is 2.14. The number of thiocarbonyl (C=S) groups is 1. The zero-order valence-electron chi connectivity index (χ0n) is 8.62. The molecule has 1 unspecified atom stereocenters. The van der Waals surface area contributed by atoms with Crippen molar-refractivity contribution in [3.8, 4) is 0 Å². The normalized spacial score (nSPS) is 12.9. The first-order chi connectivity index (χ1) is 7.65. The van der Waals surface area contributed by atoms with Crippen LogP contribution in [0.2, 0.25) is 0 Å². The van der Waals surface area contributed by atoms with Crippen LogP contribution in [0.1, 0.15) is 12.6 Å². The topological polar surface area (TPSA) is 92.7 Å². The second-order valence-corrected chi connectivity index (χ2v) is 3.41. The van der Waals surface area contributed by atoms with E-state index in [1.165, 1.54) is 0 Å². The maximum Gasteiger partial charge on any atom is 0.184 e. The van der Waals surface area contributed by atoms with E-state index in [-0.39, 0.29) is 5.11 Å². The van der Waals surface area contributed by atoms with E-state index in [0.717, 1.165) is 0 Å². The predicted octanol–water partition coefficient (Wildman–Crippen LogP) is 0.774. The summed E-state index contributed by atoms with van der Waals surface area (Å²) >= 11 is 4.62. The van der Waals surface area contributed by atoms with Crippen LogP contribution in [0, 0.1) is 4.91 Å². The quantitative estimate of drug-likeness (QED) is 0.349. The molecule has 3 N–H and O–H groups in total. The number of nitrogens with one attached hydrogen (secondary N) is 1. The van der Waals surface area contributed by atoms with E-state index in [4.69, 9.17) is 5.73 Å². The van der Waals surface area contributed by atoms with Crippen LogP contribution in [-0.2, 0) is 0 Å². The van der Waals surface area contributed by atoms with Crippen LogP contribution in [0.5, 0.6) is 0 Å². The number of pyridine rings is 1. The molecule has 1 aromatic heterocycles. The Balaban J connectivity index is 3.01. The lowest BCUT2D eigenvalue weighted by atomic mass is 10.1. The highest BCUT2D eigenvalue weighted by molar-refractivity contribution is 7.80. The summed E-state index contributed by atoms with van der Waals surface area (Å²) in [5.41, 5.74) is 8.61. The van der Waals surface area contributed by atoms with Gasteiger partial charge in [-0.25, -0.2) is 0 Å². The number of aromatic nitrogens is 1. The van der Waals surface area contributed by atoms with Crippen LogP contribution in [0.4, 0.5) is 0 Å². The fraction of sp³-hybridized carbons (Fsp3) is 0.222. The fourth-order valence-electron chi connectivity index (χ4n) is 1.04. The van der Waals surface area contributed by atoms with Crippen molar-refractivity contribution in [3.05, 3.63) is 35.0 Å². The maximum absolute atomic E-state index is 10.5. The van der Waals surface area contributed by atoms with Crippen molar-refractivity contribution in [1.82, 2.24) is 10.4 Å². The molecule has 0 radical (unpaired) electrons. The molecular formula is C9H11N5OS. The van der Waals surface area contributed by atoms with Gasteiger partial charge in [-0.3, -0.25) is 10.4 Å². The van der Waals surface area contributed by atoms with Crippen LogP contribution < -0.4 is 11.2 Å². The Labute approximate surface area is 97.9 Å². The molecule has 0 fully saturated rings. The molecule has 1 atom stereocenters. The summed E-state index contributed by atoms with van der Waals surface area (Å²) in [7, 11) is 0. The number of hydrogen-bond acceptors (Lipinski definition) is 5. The average molecular weight is 237 g/mol. The molecule has 7 heteroatoms. The molecule has 0 spiro atoms. The van der Waals surface area contributed by atoms with Gasteiger partial charge >= 0.3 is 0 Å². The zero-order valence-corrected chi connectivity index (χ0v) is 9.44. The number of hydrazone groups is 1. The van der Waals surface area contributed by atoms with E-state index in [2.05, 4.69) is 32.9 Å². The Bertz CT molecular complexity index is 406. The van der Waals surface area contributed by atoms with Gasteiger partial charge < -0.3 is 5.73 Å². The van der Waals surface area contributed by atoms with Crippen LogP contribution in [0.15, 0.2) is 34.7 Å². The first-order valence-corrected chi connectivity index (χ1v) is 4.93. The minimum Gasteiger partial charge on any atom is -0.375 e. The molecule has 0 aliphatic heterocycles. The summed E-state index contributed by atoms with van der Waals surface area (Å²) < 4.78 is 0. The molecule has 0 saturated heterocycles. The molecule has 1 rings (SSSR count). The van der Waals surface area contributed by atoms with Gasteiger partial charge in [0.2, 0.25) is 0 Å². The molecule has 84 valence electrons. The third-order valence-corrected chi connectivity index (χ3v) is 1.86. The molecule has 0 aliphatic carbocycles. The second kappa shape index (κ2) is 5.86. The summed E-state index contributed by atoms with van der Waals surface area (Å²) in [5.74, 6) is 0. The van der Waals surface area contributed by atoms with Gasteiger partial charge in [-0.1, -0.05) is 11.2 Å². The Morgan fingerprint density at radius 1 is 1.62 bits per heavy atom. The Morgan fingerprint density at radius 2 is 2.38 bits per heavy atom. The van der Waals surface area contributed by atoms with E-state index in [0.29, 0.717) is 11.4 Å². The van der Waals surface area contributed by atoms with E-state index in [1.807, 2.05) is 0 Å². The van der Waals surface area contributed by atoms with Gasteiger partial charge in [0.05, 0.1) is 5.69 Å². The smallest absolute Gasteiger partial charge is 0.184 e. The van der Waals surface area contributed by atoms with Crippen LogP contribution in [-0.4, -0.2) is 21.8 Å². The summed E-state index contributed by atoms with van der Waals surface area (Å²) in [5, 5.41) is 6.83. The highest BCUT2D eigenvalue weighted by Crippen LogP contribution is 2.03. The number of rotatable bonds is 4. The molecule has 0 aromatic carbocycles. The number of nitrogens with two attached hydrogens (primary N) is 1. The van der Waals surface area contributed by atoms with E-state index in [9.17, 15) is 4.91 Å². The van der Waals surface area contributed by atoms with Gasteiger partial charge in [-0.15, -0.1) is 0 Å². The molecule has 16 heavy (non-hydrogen) atoms. The maximum atomic E-state index is 10.5. The number of nitroso groups, excluding NO2 is 1. The second-order valence-electron chi connectivity index (χ2n) is 2.97. The van der Waals surface area contributed by atoms with Crippen molar-refractivity contribution < 1.29 is 0 Å². The standard InChI is InChI=1S/C9H11N5OS/c1-6(14-15)8(12-13-9(10)16)7-4-2-3-5-11-7/h2-6H,1H3,(H3,10,13,16). The lowest BCUT2D eigenvalue weighted by Gasteiger charge is -2.07. The van der Waals surface area contributed by atoms with Crippen molar-refractivity contribution in [1.29, 1.82) is 0 Å². The molecule has 0 bridgehead atoms. The first kappa shape index (κ1) is 12.2. The van der Waals surface area contributed by atoms with Crippen LogP contribution >= 0.6 is 12.2 Å². The Kier molecular flexibility index (Phi) is 4.46. The van der Waals surface area contributed by atoms with E-state index in [1.54, 1.807) is 31.3 Å².